The van der Waals surface area contributed by atoms with Crippen molar-refractivity contribution in [2.75, 3.05) is 24.7 Å². The molecule has 4 heteroatoms. The van der Waals surface area contributed by atoms with Gasteiger partial charge in [0.15, 0.2) is 6.29 Å². The van der Waals surface area contributed by atoms with Crippen LogP contribution in [0.4, 0.5) is 11.4 Å². The molecule has 0 saturated carbocycles. The number of hydrogen-bond donors (Lipinski definition) is 2. The van der Waals surface area contributed by atoms with Crippen LogP contribution in [0.3, 0.4) is 0 Å². The van der Waals surface area contributed by atoms with Crippen molar-refractivity contribution in [1.29, 1.82) is 0 Å². The molecule has 0 bridgehead atoms. The highest BCUT2D eigenvalue weighted by Gasteiger charge is 2.20. The first kappa shape index (κ1) is 8.34. The smallest absolute Gasteiger partial charge is 0.186 e. The number of nitrogens with two attached hydrogens (primary N) is 2. The second-order valence-electron chi connectivity index (χ2n) is 2.92. The zero-order valence-electron chi connectivity index (χ0n) is 7.19. The molecule has 1 aromatic rings. The van der Waals surface area contributed by atoms with Crippen LogP contribution in [-0.4, -0.2) is 13.2 Å². The van der Waals surface area contributed by atoms with Gasteiger partial charge in [0.25, 0.3) is 0 Å². The molecule has 1 aliphatic rings. The molecule has 1 heterocycles. The Morgan fingerprint density at radius 2 is 1.85 bits per heavy atom. The van der Waals surface area contributed by atoms with E-state index in [1.807, 2.05) is 12.1 Å². The SMILES string of the molecule is Nc1cccc(C2OCCO2)c1N. The number of hydrogen-bond acceptors (Lipinski definition) is 4. The van der Waals surface area contributed by atoms with Crippen LogP contribution in [0, 0.1) is 0 Å². The summed E-state index contributed by atoms with van der Waals surface area (Å²) in [5, 5.41) is 0. The molecule has 0 aliphatic carbocycles. The summed E-state index contributed by atoms with van der Waals surface area (Å²) in [4.78, 5) is 0. The van der Waals surface area contributed by atoms with Gasteiger partial charge in [-0.3, -0.25) is 0 Å². The summed E-state index contributed by atoms with van der Waals surface area (Å²) in [5.41, 5.74) is 13.4. The minimum Gasteiger partial charge on any atom is -0.397 e. The van der Waals surface area contributed by atoms with Crippen molar-refractivity contribution < 1.29 is 9.47 Å². The van der Waals surface area contributed by atoms with Gasteiger partial charge < -0.3 is 20.9 Å². The summed E-state index contributed by atoms with van der Waals surface area (Å²) in [6.07, 6.45) is -0.344. The Kier molecular flexibility index (Phi) is 2.08. The van der Waals surface area contributed by atoms with Crippen molar-refractivity contribution in [3.63, 3.8) is 0 Å². The maximum absolute atomic E-state index is 5.78. The number of ether oxygens (including phenoxy) is 2. The molecular formula is C9H12N2O2. The molecule has 4 N–H and O–H groups in total. The number of anilines is 2. The molecular weight excluding hydrogens is 168 g/mol. The molecule has 0 radical (unpaired) electrons. The number of rotatable bonds is 1. The van der Waals surface area contributed by atoms with Crippen molar-refractivity contribution in [3.8, 4) is 0 Å². The van der Waals surface area contributed by atoms with Gasteiger partial charge in [-0.1, -0.05) is 12.1 Å². The topological polar surface area (TPSA) is 70.5 Å². The van der Waals surface area contributed by atoms with E-state index in [9.17, 15) is 0 Å². The van der Waals surface area contributed by atoms with E-state index in [-0.39, 0.29) is 6.29 Å². The first-order valence-corrected chi connectivity index (χ1v) is 4.16. The van der Waals surface area contributed by atoms with E-state index >= 15 is 0 Å². The Balaban J connectivity index is 2.33. The summed E-state index contributed by atoms with van der Waals surface area (Å²) in [5.74, 6) is 0. The highest BCUT2D eigenvalue weighted by atomic mass is 16.7. The molecule has 1 saturated heterocycles. The van der Waals surface area contributed by atoms with Crippen molar-refractivity contribution in [2.45, 2.75) is 6.29 Å². The maximum atomic E-state index is 5.78. The highest BCUT2D eigenvalue weighted by molar-refractivity contribution is 5.67. The van der Waals surface area contributed by atoms with E-state index in [4.69, 9.17) is 20.9 Å². The molecule has 1 fully saturated rings. The van der Waals surface area contributed by atoms with Crippen molar-refractivity contribution >= 4 is 11.4 Å². The Hall–Kier alpha value is -1.26. The Bertz CT molecular complexity index is 308. The van der Waals surface area contributed by atoms with Gasteiger partial charge in [-0.15, -0.1) is 0 Å². The third kappa shape index (κ3) is 1.46. The monoisotopic (exact) mass is 180 g/mol. The molecule has 70 valence electrons. The predicted octanol–water partition coefficient (Wildman–Crippen LogP) is 0.896. The Morgan fingerprint density at radius 3 is 2.54 bits per heavy atom. The van der Waals surface area contributed by atoms with Crippen LogP contribution >= 0.6 is 0 Å². The standard InChI is InChI=1S/C9H12N2O2/c10-7-3-1-2-6(8(7)11)9-12-4-5-13-9/h1-3,9H,4-5,10-11H2. The Morgan fingerprint density at radius 1 is 1.15 bits per heavy atom. The van der Waals surface area contributed by atoms with Gasteiger partial charge >= 0.3 is 0 Å². The fourth-order valence-electron chi connectivity index (χ4n) is 1.35. The van der Waals surface area contributed by atoms with Crippen molar-refractivity contribution in [2.24, 2.45) is 0 Å². The maximum Gasteiger partial charge on any atom is 0.186 e. The van der Waals surface area contributed by atoms with Gasteiger partial charge in [0.05, 0.1) is 24.6 Å². The van der Waals surface area contributed by atoms with Crippen LogP contribution in [0.1, 0.15) is 11.9 Å². The summed E-state index contributed by atoms with van der Waals surface area (Å²) < 4.78 is 10.6. The molecule has 1 aliphatic heterocycles. The normalized spacial score (nSPS) is 17.8. The third-order valence-corrected chi connectivity index (χ3v) is 2.05. The van der Waals surface area contributed by atoms with E-state index in [0.717, 1.165) is 5.56 Å². The molecule has 1 aromatic carbocycles. The Labute approximate surface area is 76.4 Å². The van der Waals surface area contributed by atoms with Gasteiger partial charge in [0.1, 0.15) is 0 Å². The third-order valence-electron chi connectivity index (χ3n) is 2.05. The lowest BCUT2D eigenvalue weighted by Gasteiger charge is -2.12. The lowest BCUT2D eigenvalue weighted by molar-refractivity contribution is -0.0435. The van der Waals surface area contributed by atoms with Gasteiger partial charge in [0, 0.05) is 5.56 Å². The second-order valence-corrected chi connectivity index (χ2v) is 2.92. The van der Waals surface area contributed by atoms with E-state index in [1.165, 1.54) is 0 Å². The fourth-order valence-corrected chi connectivity index (χ4v) is 1.35. The van der Waals surface area contributed by atoms with Gasteiger partial charge in [-0.25, -0.2) is 0 Å². The number of para-hydroxylation sites is 1. The average molecular weight is 180 g/mol. The molecule has 4 nitrogen and oxygen atoms in total. The summed E-state index contributed by atoms with van der Waals surface area (Å²) >= 11 is 0. The van der Waals surface area contributed by atoms with E-state index < -0.39 is 0 Å². The molecule has 0 spiro atoms. The lowest BCUT2D eigenvalue weighted by atomic mass is 10.1. The minimum absolute atomic E-state index is 0.344. The predicted molar refractivity (Wildman–Crippen MR) is 49.9 cm³/mol. The quantitative estimate of drug-likeness (QED) is 0.630. The van der Waals surface area contributed by atoms with Crippen LogP contribution in [0.25, 0.3) is 0 Å². The van der Waals surface area contributed by atoms with E-state index in [2.05, 4.69) is 0 Å². The summed E-state index contributed by atoms with van der Waals surface area (Å²) in [7, 11) is 0. The van der Waals surface area contributed by atoms with Gasteiger partial charge in [0.2, 0.25) is 0 Å². The largest absolute Gasteiger partial charge is 0.397 e. The lowest BCUT2D eigenvalue weighted by Crippen LogP contribution is -2.05. The minimum atomic E-state index is -0.344. The van der Waals surface area contributed by atoms with Crippen LogP contribution < -0.4 is 11.5 Å². The molecule has 0 aromatic heterocycles. The van der Waals surface area contributed by atoms with Crippen molar-refractivity contribution in [3.05, 3.63) is 23.8 Å². The number of benzene rings is 1. The first-order valence-electron chi connectivity index (χ1n) is 4.16. The zero-order chi connectivity index (χ0) is 9.26. The van der Waals surface area contributed by atoms with Crippen LogP contribution in [-0.2, 0) is 9.47 Å². The number of nitrogen functional groups attached to an aromatic ring is 2. The first-order chi connectivity index (χ1) is 6.29. The van der Waals surface area contributed by atoms with Gasteiger partial charge in [-0.2, -0.15) is 0 Å². The molecule has 0 atom stereocenters. The average Bonchev–Trinajstić information content (AvgIpc) is 2.62. The van der Waals surface area contributed by atoms with Gasteiger partial charge in [-0.05, 0) is 6.07 Å². The van der Waals surface area contributed by atoms with Crippen LogP contribution in [0.15, 0.2) is 18.2 Å². The molecule has 2 rings (SSSR count). The van der Waals surface area contributed by atoms with Crippen LogP contribution in [0.2, 0.25) is 0 Å². The second kappa shape index (κ2) is 3.24. The van der Waals surface area contributed by atoms with Crippen LogP contribution in [0.5, 0.6) is 0 Å². The zero-order valence-corrected chi connectivity index (χ0v) is 7.19. The fraction of sp³-hybridized carbons (Fsp3) is 0.333. The molecule has 0 amide bonds. The molecule has 13 heavy (non-hydrogen) atoms. The summed E-state index contributed by atoms with van der Waals surface area (Å²) in [6.45, 7) is 1.22. The van der Waals surface area contributed by atoms with E-state index in [1.54, 1.807) is 6.07 Å². The summed E-state index contributed by atoms with van der Waals surface area (Å²) in [6, 6.07) is 5.46. The molecule has 0 unspecified atom stereocenters. The highest BCUT2D eigenvalue weighted by Crippen LogP contribution is 2.30. The van der Waals surface area contributed by atoms with Crippen molar-refractivity contribution in [1.82, 2.24) is 0 Å². The van der Waals surface area contributed by atoms with E-state index in [0.29, 0.717) is 24.6 Å².